The second-order valence-electron chi connectivity index (χ2n) is 8.68. The Morgan fingerprint density at radius 1 is 0.921 bits per heavy atom. The maximum Gasteiger partial charge on any atom is 0.264 e. The van der Waals surface area contributed by atoms with Gasteiger partial charge in [0.15, 0.2) is 0 Å². The Morgan fingerprint density at radius 3 is 2.37 bits per heavy atom. The van der Waals surface area contributed by atoms with Crippen LogP contribution in [0.5, 0.6) is 5.75 Å². The molecule has 1 amide bonds. The number of aromatic nitrogens is 1. The van der Waals surface area contributed by atoms with Gasteiger partial charge in [-0.2, -0.15) is 0 Å². The fraction of sp³-hybridized carbons (Fsp3) is 0.138. The number of anilines is 2. The number of ether oxygens (including phenoxy) is 1. The van der Waals surface area contributed by atoms with Gasteiger partial charge in [0.25, 0.3) is 10.0 Å². The highest BCUT2D eigenvalue weighted by atomic mass is 35.5. The summed E-state index contributed by atoms with van der Waals surface area (Å²) in [6.45, 7) is 2.42. The number of halogens is 1. The van der Waals surface area contributed by atoms with Crippen molar-refractivity contribution < 1.29 is 17.9 Å². The van der Waals surface area contributed by atoms with Crippen molar-refractivity contribution in [2.75, 3.05) is 23.3 Å². The maximum atomic E-state index is 13.7. The monoisotopic (exact) mass is 547 g/mol. The van der Waals surface area contributed by atoms with E-state index in [0.717, 1.165) is 32.7 Å². The van der Waals surface area contributed by atoms with Crippen LogP contribution in [0.1, 0.15) is 6.92 Å². The molecule has 0 atom stereocenters. The van der Waals surface area contributed by atoms with E-state index < -0.39 is 22.5 Å². The quantitative estimate of drug-likeness (QED) is 0.247. The molecular weight excluding hydrogens is 522 g/mol. The molecule has 0 radical (unpaired) electrons. The fourth-order valence-corrected chi connectivity index (χ4v) is 6.29. The molecule has 0 aliphatic carbocycles. The smallest absolute Gasteiger partial charge is 0.264 e. The first-order valence-corrected chi connectivity index (χ1v) is 13.9. The van der Waals surface area contributed by atoms with Crippen LogP contribution in [-0.4, -0.2) is 32.5 Å². The van der Waals surface area contributed by atoms with Gasteiger partial charge in [0.1, 0.15) is 12.3 Å². The number of fused-ring (bicyclic) bond motifs is 3. The number of rotatable bonds is 8. The predicted octanol–water partition coefficient (Wildman–Crippen LogP) is 6.31. The van der Waals surface area contributed by atoms with Gasteiger partial charge in [-0.05, 0) is 61.5 Å². The Kier molecular flexibility index (Phi) is 7.01. The SMILES string of the molecule is CCn1c2ccccc2c2cc(NC(=O)CN(c3cc(Cl)ccc3OC)S(=O)(=O)c3ccccc3)ccc21. The Labute approximate surface area is 226 Å². The molecule has 0 saturated carbocycles. The van der Waals surface area contributed by atoms with Gasteiger partial charge in [0, 0.05) is 39.1 Å². The largest absolute Gasteiger partial charge is 0.495 e. The minimum atomic E-state index is -4.12. The second kappa shape index (κ2) is 10.4. The lowest BCUT2D eigenvalue weighted by Gasteiger charge is -2.26. The summed E-state index contributed by atoms with van der Waals surface area (Å²) in [5, 5.41) is 5.27. The van der Waals surface area contributed by atoms with Gasteiger partial charge in [-0.15, -0.1) is 0 Å². The third kappa shape index (κ3) is 4.68. The van der Waals surface area contributed by atoms with E-state index in [1.165, 1.54) is 25.3 Å². The van der Waals surface area contributed by atoms with E-state index in [2.05, 4.69) is 28.9 Å². The van der Waals surface area contributed by atoms with Crippen LogP contribution in [-0.2, 0) is 21.4 Å². The van der Waals surface area contributed by atoms with Crippen molar-refractivity contribution in [3.63, 3.8) is 0 Å². The van der Waals surface area contributed by atoms with Crippen molar-refractivity contribution in [1.82, 2.24) is 4.57 Å². The number of amides is 1. The third-order valence-corrected chi connectivity index (χ3v) is 8.41. The van der Waals surface area contributed by atoms with Crippen LogP contribution in [0.25, 0.3) is 21.8 Å². The molecule has 0 aliphatic heterocycles. The van der Waals surface area contributed by atoms with E-state index in [9.17, 15) is 13.2 Å². The number of para-hydroxylation sites is 1. The first kappa shape index (κ1) is 25.6. The molecular formula is C29H26ClN3O4S. The van der Waals surface area contributed by atoms with E-state index in [0.29, 0.717) is 10.7 Å². The highest BCUT2D eigenvalue weighted by Crippen LogP contribution is 2.35. The summed E-state index contributed by atoms with van der Waals surface area (Å²) in [6, 6.07) is 26.4. The van der Waals surface area contributed by atoms with Gasteiger partial charge in [-0.25, -0.2) is 8.42 Å². The molecule has 7 nitrogen and oxygen atoms in total. The van der Waals surface area contributed by atoms with Crippen molar-refractivity contribution in [3.8, 4) is 5.75 Å². The van der Waals surface area contributed by atoms with Crippen molar-refractivity contribution in [2.24, 2.45) is 0 Å². The summed E-state index contributed by atoms with van der Waals surface area (Å²) in [5.41, 5.74) is 2.90. The van der Waals surface area contributed by atoms with Gasteiger partial charge >= 0.3 is 0 Å². The molecule has 0 bridgehead atoms. The number of nitrogens with zero attached hydrogens (tertiary/aromatic N) is 2. The van der Waals surface area contributed by atoms with E-state index in [1.54, 1.807) is 30.3 Å². The average Bonchev–Trinajstić information content (AvgIpc) is 3.25. The van der Waals surface area contributed by atoms with Gasteiger partial charge in [0.2, 0.25) is 5.91 Å². The molecule has 0 fully saturated rings. The molecule has 4 aromatic carbocycles. The zero-order chi connectivity index (χ0) is 26.9. The summed E-state index contributed by atoms with van der Waals surface area (Å²) in [7, 11) is -2.69. The van der Waals surface area contributed by atoms with Crippen molar-refractivity contribution in [3.05, 3.63) is 96.0 Å². The van der Waals surface area contributed by atoms with Gasteiger partial charge < -0.3 is 14.6 Å². The molecule has 1 heterocycles. The maximum absolute atomic E-state index is 13.7. The minimum Gasteiger partial charge on any atom is -0.495 e. The molecule has 0 aliphatic rings. The van der Waals surface area contributed by atoms with Crippen molar-refractivity contribution >= 4 is 60.7 Å². The molecule has 5 rings (SSSR count). The number of hydrogen-bond donors (Lipinski definition) is 1. The number of sulfonamides is 1. The van der Waals surface area contributed by atoms with Crippen LogP contribution in [0.4, 0.5) is 11.4 Å². The molecule has 5 aromatic rings. The van der Waals surface area contributed by atoms with Crippen LogP contribution >= 0.6 is 11.6 Å². The van der Waals surface area contributed by atoms with Crippen LogP contribution in [0.2, 0.25) is 5.02 Å². The summed E-state index contributed by atoms with van der Waals surface area (Å²) in [5.74, 6) is -0.236. The average molecular weight is 548 g/mol. The Hall–Kier alpha value is -4.01. The fourth-order valence-electron chi connectivity index (χ4n) is 4.68. The summed E-state index contributed by atoms with van der Waals surface area (Å²) in [6.07, 6.45) is 0. The molecule has 9 heteroatoms. The number of hydrogen-bond acceptors (Lipinski definition) is 4. The summed E-state index contributed by atoms with van der Waals surface area (Å²) in [4.78, 5) is 13.4. The van der Waals surface area contributed by atoms with E-state index in [-0.39, 0.29) is 16.3 Å². The number of aryl methyl sites for hydroxylation is 1. The molecule has 0 spiro atoms. The third-order valence-electron chi connectivity index (χ3n) is 6.40. The highest BCUT2D eigenvalue weighted by molar-refractivity contribution is 7.92. The first-order chi connectivity index (χ1) is 18.3. The lowest BCUT2D eigenvalue weighted by molar-refractivity contribution is -0.114. The predicted molar refractivity (Wildman–Crippen MR) is 153 cm³/mol. The minimum absolute atomic E-state index is 0.0450. The van der Waals surface area contributed by atoms with E-state index in [4.69, 9.17) is 16.3 Å². The number of carbonyl (C=O) groups excluding carboxylic acids is 1. The van der Waals surface area contributed by atoms with Crippen LogP contribution in [0.15, 0.2) is 95.9 Å². The molecule has 1 N–H and O–H groups in total. The topological polar surface area (TPSA) is 80.6 Å². The van der Waals surface area contributed by atoms with Gasteiger partial charge in [0.05, 0.1) is 17.7 Å². The Bertz CT molecular complexity index is 1750. The number of methoxy groups -OCH3 is 1. The highest BCUT2D eigenvalue weighted by Gasteiger charge is 2.29. The van der Waals surface area contributed by atoms with Crippen LogP contribution in [0, 0.1) is 0 Å². The second-order valence-corrected chi connectivity index (χ2v) is 11.0. The van der Waals surface area contributed by atoms with E-state index in [1.807, 2.05) is 30.3 Å². The lowest BCUT2D eigenvalue weighted by Crippen LogP contribution is -2.38. The zero-order valence-electron chi connectivity index (χ0n) is 20.9. The van der Waals surface area contributed by atoms with Crippen molar-refractivity contribution in [2.45, 2.75) is 18.4 Å². The number of nitrogens with one attached hydrogen (secondary N) is 1. The van der Waals surface area contributed by atoms with Gasteiger partial charge in [-0.3, -0.25) is 9.10 Å². The first-order valence-electron chi connectivity index (χ1n) is 12.1. The summed E-state index contributed by atoms with van der Waals surface area (Å²) >= 11 is 6.22. The standard InChI is InChI=1S/C29H26ClN3O4S/c1-3-32-25-12-8-7-11-23(25)24-18-21(14-15-26(24)32)31-29(34)19-33(27-17-20(30)13-16-28(27)37-2)38(35,36)22-9-5-4-6-10-22/h4-18H,3,19H2,1-2H3,(H,31,34). The van der Waals surface area contributed by atoms with E-state index >= 15 is 0 Å². The van der Waals surface area contributed by atoms with Crippen molar-refractivity contribution in [1.29, 1.82) is 0 Å². The lowest BCUT2D eigenvalue weighted by atomic mass is 10.1. The molecule has 38 heavy (non-hydrogen) atoms. The summed E-state index contributed by atoms with van der Waals surface area (Å²) < 4.78 is 36.1. The molecule has 1 aromatic heterocycles. The van der Waals surface area contributed by atoms with Gasteiger partial charge in [-0.1, -0.05) is 48.0 Å². The molecule has 194 valence electrons. The normalized spacial score (nSPS) is 11.6. The number of carbonyl (C=O) groups is 1. The zero-order valence-corrected chi connectivity index (χ0v) is 22.5. The van der Waals surface area contributed by atoms with Crippen LogP contribution in [0.3, 0.4) is 0 Å². The number of benzene rings is 4. The molecule has 0 unspecified atom stereocenters. The Balaban J connectivity index is 1.52. The Morgan fingerprint density at radius 2 is 1.63 bits per heavy atom. The molecule has 0 saturated heterocycles. The van der Waals surface area contributed by atoms with Crippen LogP contribution < -0.4 is 14.4 Å².